The van der Waals surface area contributed by atoms with Gasteiger partial charge < -0.3 is 9.64 Å². The van der Waals surface area contributed by atoms with Gasteiger partial charge in [-0.1, -0.05) is 25.1 Å². The third-order valence-electron chi connectivity index (χ3n) is 5.36. The van der Waals surface area contributed by atoms with Gasteiger partial charge in [-0.3, -0.25) is 0 Å². The number of hydrogen-bond donors (Lipinski definition) is 0. The first-order chi connectivity index (χ1) is 13.5. The molecule has 0 amide bonds. The lowest BCUT2D eigenvalue weighted by atomic mass is 9.99. The Hall–Kier alpha value is -2.10. The molecular weight excluding hydrogens is 383 g/mol. The predicted molar refractivity (Wildman–Crippen MR) is 102 cm³/mol. The summed E-state index contributed by atoms with van der Waals surface area (Å²) in [6, 6.07) is 9.93. The molecule has 2 atom stereocenters. The lowest BCUT2D eigenvalue weighted by Crippen LogP contribution is -2.62. The lowest BCUT2D eigenvalue weighted by Gasteiger charge is -2.44. The molecule has 150 valence electrons. The molecule has 2 saturated heterocycles. The number of sulfonamides is 1. The molecule has 2 aliphatic heterocycles. The van der Waals surface area contributed by atoms with Gasteiger partial charge in [0, 0.05) is 31.4 Å². The van der Waals surface area contributed by atoms with Crippen molar-refractivity contribution in [3.05, 3.63) is 48.3 Å². The van der Waals surface area contributed by atoms with E-state index in [2.05, 4.69) is 9.97 Å². The Bertz CT molecular complexity index is 943. The first-order valence-corrected chi connectivity index (χ1v) is 10.8. The van der Waals surface area contributed by atoms with Gasteiger partial charge in [0.1, 0.15) is 0 Å². The predicted octanol–water partition coefficient (Wildman–Crippen LogP) is 2.00. The van der Waals surface area contributed by atoms with Crippen molar-refractivity contribution in [2.24, 2.45) is 0 Å². The quantitative estimate of drug-likeness (QED) is 0.773. The zero-order valence-electron chi connectivity index (χ0n) is 15.7. The van der Waals surface area contributed by atoms with Crippen molar-refractivity contribution in [2.75, 3.05) is 31.1 Å². The van der Waals surface area contributed by atoms with E-state index < -0.39 is 21.9 Å². The number of anilines is 1. The van der Waals surface area contributed by atoms with Crippen LogP contribution in [0.25, 0.3) is 0 Å². The number of alkyl halides is 1. The van der Waals surface area contributed by atoms with E-state index >= 15 is 4.39 Å². The highest BCUT2D eigenvalue weighted by Gasteiger charge is 2.57. The molecule has 1 aromatic carbocycles. The van der Waals surface area contributed by atoms with Gasteiger partial charge >= 0.3 is 0 Å². The van der Waals surface area contributed by atoms with Crippen LogP contribution in [0, 0.1) is 0 Å². The van der Waals surface area contributed by atoms with Crippen LogP contribution < -0.4 is 4.90 Å². The van der Waals surface area contributed by atoms with E-state index in [1.807, 2.05) is 13.0 Å². The molecule has 2 aromatic rings. The van der Waals surface area contributed by atoms with Crippen LogP contribution in [0.2, 0.25) is 0 Å². The molecule has 3 heterocycles. The third kappa shape index (κ3) is 3.17. The Morgan fingerprint density at radius 2 is 2.04 bits per heavy atom. The van der Waals surface area contributed by atoms with E-state index in [9.17, 15) is 8.42 Å². The standard InChI is InChI=1S/C19H23FN4O3S/c1-2-15-8-10-21-18(22-15)23-11-9-19(17(20)14-23)24(12-13-27-19)28(25,26)16-6-4-3-5-7-16/h3-8,10,17H,2,9,11-14H2,1H3. The van der Waals surface area contributed by atoms with Crippen LogP contribution in [0.15, 0.2) is 47.5 Å². The van der Waals surface area contributed by atoms with Gasteiger partial charge in [-0.15, -0.1) is 0 Å². The van der Waals surface area contributed by atoms with Crippen LogP contribution in [-0.2, 0) is 21.2 Å². The van der Waals surface area contributed by atoms with E-state index in [4.69, 9.17) is 4.74 Å². The van der Waals surface area contributed by atoms with Crippen LogP contribution in [0.4, 0.5) is 10.3 Å². The van der Waals surface area contributed by atoms with Crippen molar-refractivity contribution in [1.82, 2.24) is 14.3 Å². The Kier molecular flexibility index (Phi) is 5.07. The number of nitrogens with zero attached hydrogens (tertiary/aromatic N) is 4. The van der Waals surface area contributed by atoms with Crippen LogP contribution in [0.5, 0.6) is 0 Å². The molecule has 9 heteroatoms. The molecule has 7 nitrogen and oxygen atoms in total. The number of ether oxygens (including phenoxy) is 1. The maximum absolute atomic E-state index is 15.4. The van der Waals surface area contributed by atoms with Crippen molar-refractivity contribution >= 4 is 16.0 Å². The topological polar surface area (TPSA) is 75.6 Å². The van der Waals surface area contributed by atoms with Gasteiger partial charge in [-0.2, -0.15) is 4.31 Å². The van der Waals surface area contributed by atoms with Gasteiger partial charge in [0.25, 0.3) is 0 Å². The molecule has 0 aliphatic carbocycles. The maximum atomic E-state index is 15.4. The van der Waals surface area contributed by atoms with E-state index in [0.29, 0.717) is 12.5 Å². The molecule has 2 fully saturated rings. The second-order valence-corrected chi connectivity index (χ2v) is 8.81. The zero-order valence-corrected chi connectivity index (χ0v) is 16.5. The summed E-state index contributed by atoms with van der Waals surface area (Å²) in [4.78, 5) is 10.6. The molecule has 0 saturated carbocycles. The molecule has 4 rings (SSSR count). The van der Waals surface area contributed by atoms with Crippen LogP contribution in [0.3, 0.4) is 0 Å². The monoisotopic (exact) mass is 406 g/mol. The summed E-state index contributed by atoms with van der Waals surface area (Å²) < 4.78 is 48.6. The average molecular weight is 406 g/mol. The third-order valence-corrected chi connectivity index (χ3v) is 7.30. The van der Waals surface area contributed by atoms with Gasteiger partial charge in [0.05, 0.1) is 18.0 Å². The second-order valence-electron chi connectivity index (χ2n) is 6.95. The number of aryl methyl sites for hydroxylation is 1. The fraction of sp³-hybridized carbons (Fsp3) is 0.474. The van der Waals surface area contributed by atoms with Gasteiger partial charge in [0.2, 0.25) is 16.0 Å². The smallest absolute Gasteiger partial charge is 0.245 e. The minimum Gasteiger partial charge on any atom is -0.355 e. The normalized spacial score (nSPS) is 26.1. The van der Waals surface area contributed by atoms with Gasteiger partial charge in [-0.25, -0.2) is 22.8 Å². The Labute approximate surface area is 164 Å². The number of benzene rings is 1. The summed E-state index contributed by atoms with van der Waals surface area (Å²) in [5, 5.41) is 0. The highest BCUT2D eigenvalue weighted by Crippen LogP contribution is 2.40. The second kappa shape index (κ2) is 7.38. The largest absolute Gasteiger partial charge is 0.355 e. The first-order valence-electron chi connectivity index (χ1n) is 9.40. The molecule has 28 heavy (non-hydrogen) atoms. The zero-order chi connectivity index (χ0) is 19.8. The first kappa shape index (κ1) is 19.2. The minimum absolute atomic E-state index is 0.0199. The number of hydrogen-bond acceptors (Lipinski definition) is 6. The van der Waals surface area contributed by atoms with Crippen molar-refractivity contribution in [1.29, 1.82) is 0 Å². The van der Waals surface area contributed by atoms with Crippen LogP contribution in [0.1, 0.15) is 19.0 Å². The summed E-state index contributed by atoms with van der Waals surface area (Å²) in [7, 11) is -3.85. The van der Waals surface area contributed by atoms with Crippen LogP contribution >= 0.6 is 0 Å². The SMILES string of the molecule is CCc1ccnc(N2CCC3(OCCN3S(=O)(=O)c3ccccc3)C(F)C2)n1. The fourth-order valence-electron chi connectivity index (χ4n) is 3.85. The lowest BCUT2D eigenvalue weighted by molar-refractivity contribution is -0.116. The summed E-state index contributed by atoms with van der Waals surface area (Å²) in [6.45, 7) is 2.70. The maximum Gasteiger partial charge on any atom is 0.245 e. The van der Waals surface area contributed by atoms with E-state index in [1.54, 1.807) is 29.3 Å². The van der Waals surface area contributed by atoms with Crippen molar-refractivity contribution in [3.63, 3.8) is 0 Å². The van der Waals surface area contributed by atoms with Crippen LogP contribution in [-0.4, -0.2) is 60.8 Å². The number of halogens is 1. The molecule has 1 aromatic heterocycles. The van der Waals surface area contributed by atoms with E-state index in [-0.39, 0.29) is 31.0 Å². The molecule has 0 radical (unpaired) electrons. The fourth-order valence-corrected chi connectivity index (χ4v) is 5.58. The summed E-state index contributed by atoms with van der Waals surface area (Å²) >= 11 is 0. The number of aromatic nitrogens is 2. The molecule has 2 aliphatic rings. The van der Waals surface area contributed by atoms with Crippen molar-refractivity contribution < 1.29 is 17.5 Å². The molecule has 1 spiro atoms. The highest BCUT2D eigenvalue weighted by molar-refractivity contribution is 7.89. The van der Waals surface area contributed by atoms with Gasteiger partial charge in [0.15, 0.2) is 11.9 Å². The van der Waals surface area contributed by atoms with Gasteiger partial charge in [-0.05, 0) is 24.6 Å². The summed E-state index contributed by atoms with van der Waals surface area (Å²) in [5.41, 5.74) is -0.598. The summed E-state index contributed by atoms with van der Waals surface area (Å²) in [6.07, 6.45) is 1.12. The highest BCUT2D eigenvalue weighted by atomic mass is 32.2. The number of rotatable bonds is 4. The van der Waals surface area contributed by atoms with Crippen molar-refractivity contribution in [2.45, 2.75) is 36.6 Å². The van der Waals surface area contributed by atoms with E-state index in [1.165, 1.54) is 16.4 Å². The average Bonchev–Trinajstić information content (AvgIpc) is 3.16. The minimum atomic E-state index is -3.85. The molecule has 0 bridgehead atoms. The Balaban J connectivity index is 1.60. The molecular formula is C19H23FN4O3S. The Morgan fingerprint density at radius 3 is 2.75 bits per heavy atom. The van der Waals surface area contributed by atoms with Crippen molar-refractivity contribution in [3.8, 4) is 0 Å². The number of piperidine rings is 1. The molecule has 0 N–H and O–H groups in total. The Morgan fingerprint density at radius 1 is 1.25 bits per heavy atom. The van der Waals surface area contributed by atoms with E-state index in [0.717, 1.165) is 12.1 Å². The molecule has 2 unspecified atom stereocenters. The summed E-state index contributed by atoms with van der Waals surface area (Å²) in [5.74, 6) is 0.465.